The van der Waals surface area contributed by atoms with Crippen LogP contribution in [0.4, 0.5) is 0 Å². The van der Waals surface area contributed by atoms with Crippen molar-refractivity contribution in [3.8, 4) is 0 Å². The molecule has 0 aliphatic carbocycles. The third-order valence-corrected chi connectivity index (χ3v) is 5.66. The first-order chi connectivity index (χ1) is 5.25. The summed E-state index contributed by atoms with van der Waals surface area (Å²) in [7, 11) is 0. The minimum atomic E-state index is -0.961. The largest absolute Gasteiger partial charge is 0.216 e. The van der Waals surface area contributed by atoms with E-state index in [0.717, 1.165) is 6.42 Å². The Balaban J connectivity index is 3.02. The Bertz CT molecular complexity index is 235. The molecule has 1 aromatic carbocycles. The summed E-state index contributed by atoms with van der Waals surface area (Å²) >= 11 is 7.26. The van der Waals surface area contributed by atoms with Gasteiger partial charge < -0.3 is 0 Å². The van der Waals surface area contributed by atoms with Gasteiger partial charge in [0.05, 0.1) is 0 Å². The fourth-order valence-electron chi connectivity index (χ4n) is 1.07. The molecule has 0 bridgehead atoms. The second kappa shape index (κ2) is 4.43. The van der Waals surface area contributed by atoms with Crippen molar-refractivity contribution in [2.75, 3.05) is 0 Å². The molecule has 0 saturated carbocycles. The average molecular weight is 294 g/mol. The molecule has 0 aliphatic heterocycles. The Morgan fingerprint density at radius 1 is 1.27 bits per heavy atom. The van der Waals surface area contributed by atoms with E-state index in [2.05, 4.69) is 61.8 Å². The highest BCUT2D eigenvalue weighted by Crippen LogP contribution is 2.07. The quantitative estimate of drug-likeness (QED) is 0.580. The van der Waals surface area contributed by atoms with E-state index >= 15 is 0 Å². The highest BCUT2D eigenvalue weighted by molar-refractivity contribution is 9.49. The van der Waals surface area contributed by atoms with Crippen LogP contribution in [0.3, 0.4) is 0 Å². The molecule has 0 fully saturated rings. The van der Waals surface area contributed by atoms with Crippen LogP contribution in [-0.4, -0.2) is 6.04 Å². The lowest BCUT2D eigenvalue weighted by Crippen LogP contribution is -2.21. The Kier molecular flexibility index (Phi) is 3.82. The van der Waals surface area contributed by atoms with Crippen molar-refractivity contribution in [2.45, 2.75) is 13.3 Å². The van der Waals surface area contributed by atoms with Gasteiger partial charge in [-0.2, -0.15) is 0 Å². The fraction of sp³-hybridized carbons (Fsp3) is 0.250. The number of rotatable bonds is 2. The van der Waals surface area contributed by atoms with Crippen LogP contribution in [0.15, 0.2) is 24.3 Å². The van der Waals surface area contributed by atoms with Crippen molar-refractivity contribution in [3.05, 3.63) is 29.8 Å². The lowest BCUT2D eigenvalue weighted by atomic mass is 10.2. The van der Waals surface area contributed by atoms with Crippen LogP contribution in [0.5, 0.6) is 0 Å². The van der Waals surface area contributed by atoms with Gasteiger partial charge in [-0.1, -0.05) is 31.2 Å². The van der Waals surface area contributed by atoms with E-state index in [0.29, 0.717) is 0 Å². The Morgan fingerprint density at radius 3 is 2.36 bits per heavy atom. The van der Waals surface area contributed by atoms with Gasteiger partial charge in [0, 0.05) is 0 Å². The zero-order chi connectivity index (χ0) is 8.27. The number of aryl methyl sites for hydroxylation is 1. The van der Waals surface area contributed by atoms with Crippen LogP contribution in [0, 0.1) is 0 Å². The lowest BCUT2D eigenvalue weighted by molar-refractivity contribution is 1.15. The molecule has 0 spiro atoms. The van der Waals surface area contributed by atoms with Crippen LogP contribution in [0.25, 0.3) is 0 Å². The Hall–Kier alpha value is 0.397. The molecule has 11 heavy (non-hydrogen) atoms. The van der Waals surface area contributed by atoms with Crippen molar-refractivity contribution in [1.29, 1.82) is 0 Å². The highest BCUT2D eigenvalue weighted by Gasteiger charge is 2.07. The number of hydrogen-bond acceptors (Lipinski definition) is 0. The molecule has 0 atom stereocenters. The molecule has 3 heteroatoms. The maximum absolute atomic E-state index is 3.63. The molecule has 0 saturated heterocycles. The van der Waals surface area contributed by atoms with E-state index in [-0.39, 0.29) is 0 Å². The second-order valence-corrected chi connectivity index (χ2v) is 12.8. The van der Waals surface area contributed by atoms with Gasteiger partial charge >= 0.3 is 0 Å². The summed E-state index contributed by atoms with van der Waals surface area (Å²) in [6, 6.07) is 7.62. The standard InChI is InChI=1S/C8H10Br2Si/c1-2-7-5-3-4-6-8(7)11(9)10/h3-6,11H,2H2,1H3. The first kappa shape index (κ1) is 9.48. The van der Waals surface area contributed by atoms with Crippen molar-refractivity contribution < 1.29 is 0 Å². The molecule has 0 aromatic heterocycles. The summed E-state index contributed by atoms with van der Waals surface area (Å²) in [4.78, 5) is 0. The summed E-state index contributed by atoms with van der Waals surface area (Å²) in [5.41, 5.74) is 1.46. The minimum absolute atomic E-state index is 0.961. The van der Waals surface area contributed by atoms with E-state index in [9.17, 15) is 0 Å². The van der Waals surface area contributed by atoms with E-state index in [4.69, 9.17) is 0 Å². The van der Waals surface area contributed by atoms with Gasteiger partial charge in [-0.15, -0.1) is 30.6 Å². The summed E-state index contributed by atoms with van der Waals surface area (Å²) in [5.74, 6) is 0. The molecule has 60 valence electrons. The number of halogens is 2. The molecule has 0 heterocycles. The zero-order valence-corrected chi connectivity index (χ0v) is 10.7. The van der Waals surface area contributed by atoms with Crippen LogP contribution in [-0.2, 0) is 6.42 Å². The smallest absolute Gasteiger partial charge is 0.109 e. The van der Waals surface area contributed by atoms with Crippen molar-refractivity contribution in [2.24, 2.45) is 0 Å². The van der Waals surface area contributed by atoms with E-state index in [1.807, 2.05) is 0 Å². The third kappa shape index (κ3) is 2.42. The summed E-state index contributed by atoms with van der Waals surface area (Å²) < 4.78 is 0. The number of hydrogen-bond donors (Lipinski definition) is 0. The molecule has 0 unspecified atom stereocenters. The monoisotopic (exact) mass is 292 g/mol. The van der Waals surface area contributed by atoms with Crippen molar-refractivity contribution in [1.82, 2.24) is 0 Å². The third-order valence-electron chi connectivity index (χ3n) is 1.67. The highest BCUT2D eigenvalue weighted by atomic mass is 79.9. The maximum atomic E-state index is 3.63. The van der Waals surface area contributed by atoms with E-state index in [1.54, 1.807) is 0 Å². The van der Waals surface area contributed by atoms with E-state index < -0.39 is 6.04 Å². The molecular weight excluding hydrogens is 284 g/mol. The fourth-order valence-corrected chi connectivity index (χ4v) is 4.59. The van der Waals surface area contributed by atoms with Crippen LogP contribution in [0.2, 0.25) is 0 Å². The van der Waals surface area contributed by atoms with E-state index in [1.165, 1.54) is 10.8 Å². The summed E-state index contributed by atoms with van der Waals surface area (Å²) in [6.07, 6.45) is 1.12. The summed E-state index contributed by atoms with van der Waals surface area (Å²) in [6.45, 7) is 2.19. The van der Waals surface area contributed by atoms with Crippen LogP contribution in [0.1, 0.15) is 12.5 Å². The number of benzene rings is 1. The predicted molar refractivity (Wildman–Crippen MR) is 60.5 cm³/mol. The first-order valence-electron chi connectivity index (χ1n) is 3.61. The van der Waals surface area contributed by atoms with Crippen LogP contribution < -0.4 is 5.19 Å². The molecule has 0 radical (unpaired) electrons. The normalized spacial score (nSPS) is 10.5. The topological polar surface area (TPSA) is 0 Å². The molecule has 1 rings (SSSR count). The average Bonchev–Trinajstić information content (AvgIpc) is 2.04. The molecule has 0 nitrogen and oxygen atoms in total. The SMILES string of the molecule is CCc1ccccc1[SiH](Br)Br. The van der Waals surface area contributed by atoms with Crippen LogP contribution >= 0.6 is 30.6 Å². The van der Waals surface area contributed by atoms with Gasteiger partial charge in [-0.3, -0.25) is 0 Å². The minimum Gasteiger partial charge on any atom is -0.109 e. The van der Waals surface area contributed by atoms with Crippen molar-refractivity contribution in [3.63, 3.8) is 0 Å². The van der Waals surface area contributed by atoms with Crippen molar-refractivity contribution >= 4 is 41.8 Å². The zero-order valence-electron chi connectivity index (χ0n) is 6.35. The van der Waals surface area contributed by atoms with Gasteiger partial charge in [-0.25, -0.2) is 0 Å². The molecule has 0 amide bonds. The summed E-state index contributed by atoms with van der Waals surface area (Å²) in [5, 5.41) is 1.47. The maximum Gasteiger partial charge on any atom is 0.216 e. The second-order valence-electron chi connectivity index (χ2n) is 2.35. The Labute approximate surface area is 84.8 Å². The van der Waals surface area contributed by atoms with Gasteiger partial charge in [-0.05, 0) is 17.2 Å². The van der Waals surface area contributed by atoms with Gasteiger partial charge in [0.1, 0.15) is 0 Å². The predicted octanol–water partition coefficient (Wildman–Crippen LogP) is 2.47. The van der Waals surface area contributed by atoms with Gasteiger partial charge in [0.15, 0.2) is 0 Å². The Morgan fingerprint density at radius 2 is 1.91 bits per heavy atom. The molecule has 1 aromatic rings. The first-order valence-corrected chi connectivity index (χ1v) is 10.6. The molecule has 0 N–H and O–H groups in total. The van der Waals surface area contributed by atoms with Gasteiger partial charge in [0.25, 0.3) is 0 Å². The lowest BCUT2D eigenvalue weighted by Gasteiger charge is -2.06. The molecular formula is C8H10Br2Si. The molecule has 0 aliphatic rings. The van der Waals surface area contributed by atoms with Gasteiger partial charge in [0.2, 0.25) is 6.04 Å².